The Morgan fingerprint density at radius 1 is 0.780 bits per heavy atom. The second kappa shape index (κ2) is 17.6. The number of nitrogens with zero attached hydrogens (tertiary/aromatic N) is 4. The molecule has 2 aliphatic rings. The lowest BCUT2D eigenvalue weighted by Gasteiger charge is -2.32. The van der Waals surface area contributed by atoms with Gasteiger partial charge < -0.3 is 44.8 Å². The van der Waals surface area contributed by atoms with Crippen LogP contribution in [0.1, 0.15) is 70.4 Å². The van der Waals surface area contributed by atoms with Gasteiger partial charge in [-0.3, -0.25) is 24.2 Å². The Hall–Kier alpha value is -7.09. The van der Waals surface area contributed by atoms with E-state index >= 15 is 0 Å². The van der Waals surface area contributed by atoms with E-state index < -0.39 is 0 Å². The first-order chi connectivity index (χ1) is 28.4. The van der Waals surface area contributed by atoms with Crippen LogP contribution < -0.4 is 30.7 Å². The Morgan fingerprint density at radius 3 is 2.10 bits per heavy atom. The van der Waals surface area contributed by atoms with Crippen LogP contribution >= 0.6 is 0 Å². The summed E-state index contributed by atoms with van der Waals surface area (Å²) in [6.07, 6.45) is 8.94. The summed E-state index contributed by atoms with van der Waals surface area (Å²) in [5.41, 5.74) is 7.07. The lowest BCUT2D eigenvalue weighted by Crippen LogP contribution is -2.43. The van der Waals surface area contributed by atoms with Crippen LogP contribution in [0.4, 0.5) is 28.4 Å². The number of allylic oxidation sites excluding steroid dienone is 1. The van der Waals surface area contributed by atoms with Crippen molar-refractivity contribution in [3.05, 3.63) is 114 Å². The monoisotopic (exact) mass is 796 g/mol. The van der Waals surface area contributed by atoms with Gasteiger partial charge in [-0.05, 0) is 92.8 Å². The molecule has 2 aliphatic heterocycles. The smallest absolute Gasteiger partial charge is 0.272 e. The van der Waals surface area contributed by atoms with E-state index in [2.05, 4.69) is 32.8 Å². The van der Waals surface area contributed by atoms with Crippen LogP contribution in [0.3, 0.4) is 0 Å². The van der Waals surface area contributed by atoms with E-state index in [-0.39, 0.29) is 42.7 Å². The Labute approximate surface area is 342 Å². The third-order valence-electron chi connectivity index (χ3n) is 10.2. The number of rotatable bonds is 14. The average molecular weight is 797 g/mol. The molecule has 0 bridgehead atoms. The van der Waals surface area contributed by atoms with Gasteiger partial charge in [-0.1, -0.05) is 18.7 Å². The number of aromatic nitrogens is 2. The Balaban J connectivity index is 0.892. The van der Waals surface area contributed by atoms with Gasteiger partial charge in [0, 0.05) is 80.1 Å². The highest BCUT2D eigenvalue weighted by Gasteiger charge is 2.31. The van der Waals surface area contributed by atoms with E-state index in [1.807, 2.05) is 73.7 Å². The zero-order valence-corrected chi connectivity index (χ0v) is 33.6. The molecule has 0 aliphatic carbocycles. The number of hydrogen-bond donors (Lipinski definition) is 4. The molecule has 5 aromatic rings. The van der Waals surface area contributed by atoms with E-state index in [0.717, 1.165) is 41.8 Å². The number of hydrogen-bond acceptors (Lipinski definition) is 8. The van der Waals surface area contributed by atoms with Crippen molar-refractivity contribution in [2.75, 3.05) is 41.5 Å². The highest BCUT2D eigenvalue weighted by atomic mass is 16.5. The number of methoxy groups -OCH3 is 1. The minimum atomic E-state index is -0.340. The number of aliphatic imine (C=N–C) groups is 1. The number of amides is 4. The number of carbonyl (C=O) groups excluding carboxylic acids is 4. The highest BCUT2D eigenvalue weighted by molar-refractivity contribution is 6.06. The largest absolute Gasteiger partial charge is 0.493 e. The van der Waals surface area contributed by atoms with Crippen molar-refractivity contribution in [1.29, 1.82) is 0 Å². The van der Waals surface area contributed by atoms with Crippen LogP contribution in [-0.4, -0.2) is 70.2 Å². The van der Waals surface area contributed by atoms with Crippen LogP contribution in [0, 0.1) is 0 Å². The third-order valence-corrected chi connectivity index (χ3v) is 10.2. The molecule has 2 aromatic heterocycles. The molecule has 4 amide bonds. The summed E-state index contributed by atoms with van der Waals surface area (Å²) in [6, 6.07) is 21.6. The number of anilines is 4. The second-order valence-electron chi connectivity index (χ2n) is 14.8. The fourth-order valence-corrected chi connectivity index (χ4v) is 7.25. The minimum Gasteiger partial charge on any atom is -0.493 e. The molecule has 14 heteroatoms. The molecule has 1 fully saturated rings. The average Bonchev–Trinajstić information content (AvgIpc) is 3.76. The Morgan fingerprint density at radius 2 is 1.42 bits per heavy atom. The molecule has 4 heterocycles. The number of carbonyl (C=O) groups is 4. The van der Waals surface area contributed by atoms with Crippen molar-refractivity contribution in [2.24, 2.45) is 19.1 Å². The van der Waals surface area contributed by atoms with Gasteiger partial charge in [-0.2, -0.15) is 0 Å². The first kappa shape index (κ1) is 40.1. The first-order valence-electron chi connectivity index (χ1n) is 19.5. The number of fused-ring (bicyclic) bond motifs is 2. The lowest BCUT2D eigenvalue weighted by atomic mass is 10.0. The maximum absolute atomic E-state index is 13.3. The third kappa shape index (κ3) is 9.39. The van der Waals surface area contributed by atoms with Gasteiger partial charge in [0.2, 0.25) is 5.91 Å². The zero-order valence-electron chi connectivity index (χ0n) is 33.6. The molecule has 0 unspecified atom stereocenters. The number of aryl methyl sites for hydroxylation is 2. The van der Waals surface area contributed by atoms with Gasteiger partial charge in [0.15, 0.2) is 11.5 Å². The SMILES string of the molecule is C=C(C)Nc1ccc(NC(=O)c2cc(-c3ccc(NC(=O)c4cc(NC(=O)CCCOc5cc6c(cc5OC)C(=O)N5CCCC[C@H]5C=N6)cn4C)cc3)cn2C)cc1. The summed E-state index contributed by atoms with van der Waals surface area (Å²) in [4.78, 5) is 59.0. The van der Waals surface area contributed by atoms with Crippen molar-refractivity contribution in [3.8, 4) is 22.6 Å². The summed E-state index contributed by atoms with van der Waals surface area (Å²) < 4.78 is 15.0. The molecule has 1 saturated heterocycles. The maximum atomic E-state index is 13.3. The van der Waals surface area contributed by atoms with E-state index in [0.29, 0.717) is 64.2 Å². The van der Waals surface area contributed by atoms with E-state index in [9.17, 15) is 19.2 Å². The molecule has 3 aromatic carbocycles. The quantitative estimate of drug-likeness (QED) is 0.0829. The van der Waals surface area contributed by atoms with Gasteiger partial charge >= 0.3 is 0 Å². The molecule has 0 radical (unpaired) electrons. The molecule has 0 saturated carbocycles. The maximum Gasteiger partial charge on any atom is 0.272 e. The van der Waals surface area contributed by atoms with Crippen LogP contribution in [-0.2, 0) is 18.9 Å². The summed E-state index contributed by atoms with van der Waals surface area (Å²) in [5.74, 6) is 0.0235. The fraction of sp³-hybridized carbons (Fsp3) is 0.267. The predicted molar refractivity (Wildman–Crippen MR) is 230 cm³/mol. The van der Waals surface area contributed by atoms with Gasteiger partial charge in [0.05, 0.1) is 36.7 Å². The van der Waals surface area contributed by atoms with Crippen LogP contribution in [0.2, 0.25) is 0 Å². The number of nitrogens with one attached hydrogen (secondary N) is 4. The van der Waals surface area contributed by atoms with Gasteiger partial charge in [0.1, 0.15) is 11.4 Å². The summed E-state index contributed by atoms with van der Waals surface area (Å²) in [5, 5.41) is 11.9. The van der Waals surface area contributed by atoms with E-state index in [1.54, 1.807) is 52.7 Å². The van der Waals surface area contributed by atoms with E-state index in [1.165, 1.54) is 7.11 Å². The second-order valence-corrected chi connectivity index (χ2v) is 14.8. The van der Waals surface area contributed by atoms with Crippen LogP contribution in [0.5, 0.6) is 11.5 Å². The molecule has 14 nitrogen and oxygen atoms in total. The minimum absolute atomic E-state index is 0.00845. The molecule has 1 atom stereocenters. The summed E-state index contributed by atoms with van der Waals surface area (Å²) >= 11 is 0. The molecule has 4 N–H and O–H groups in total. The van der Waals surface area contributed by atoms with Gasteiger partial charge in [0.25, 0.3) is 17.7 Å². The summed E-state index contributed by atoms with van der Waals surface area (Å²) in [6.45, 7) is 6.66. The predicted octanol–water partition coefficient (Wildman–Crippen LogP) is 8.00. The molecule has 59 heavy (non-hydrogen) atoms. The van der Waals surface area contributed by atoms with Crippen LogP contribution in [0.25, 0.3) is 11.1 Å². The van der Waals surface area contributed by atoms with Gasteiger partial charge in [-0.15, -0.1) is 0 Å². The fourth-order valence-electron chi connectivity index (χ4n) is 7.25. The zero-order chi connectivity index (χ0) is 41.6. The Bertz CT molecular complexity index is 2430. The van der Waals surface area contributed by atoms with E-state index in [4.69, 9.17) is 9.47 Å². The van der Waals surface area contributed by atoms with Crippen molar-refractivity contribution < 1.29 is 28.7 Å². The lowest BCUT2D eigenvalue weighted by molar-refractivity contribution is -0.116. The normalized spacial score (nSPS) is 14.4. The standard InChI is InChI=1S/C45H48N8O6/c1-28(2)47-31-15-17-33(18-16-31)50-43(55)38-21-30(26-51(38)3)29-11-13-32(14-12-29)49-44(56)39-22-34(27-52(39)4)48-42(54)10-8-20-59-41-24-37-36(23-40(41)58-5)45(57)53-19-7-6-9-35(53)25-46-37/h11-18,21-27,35,47H,1,6-10,19-20H2,2-5H3,(H,48,54)(H,49,56)(H,50,55)/t35-/m0/s1. The topological polar surface area (TPSA) is 160 Å². The molecular formula is C45H48N8O6. The van der Waals surface area contributed by atoms with Crippen LogP contribution in [0.15, 0.2) is 102 Å². The van der Waals surface area contributed by atoms with Gasteiger partial charge in [-0.25, -0.2) is 0 Å². The van der Waals surface area contributed by atoms with Crippen molar-refractivity contribution in [3.63, 3.8) is 0 Å². The van der Waals surface area contributed by atoms with Crippen molar-refractivity contribution in [1.82, 2.24) is 14.0 Å². The number of piperidine rings is 1. The number of ether oxygens (including phenoxy) is 2. The highest BCUT2D eigenvalue weighted by Crippen LogP contribution is 2.38. The Kier molecular flexibility index (Phi) is 12.0. The summed E-state index contributed by atoms with van der Waals surface area (Å²) in [7, 11) is 5.08. The number of benzene rings is 3. The molecule has 304 valence electrons. The molecule has 7 rings (SSSR count). The molecular weight excluding hydrogens is 749 g/mol. The van der Waals surface area contributed by atoms with Crippen molar-refractivity contribution >= 4 is 58.3 Å². The van der Waals surface area contributed by atoms with Crippen molar-refractivity contribution in [2.45, 2.75) is 45.1 Å². The molecule has 0 spiro atoms. The first-order valence-corrected chi connectivity index (χ1v) is 19.5.